The molecular weight excluding hydrogens is 314 g/mol. The van der Waals surface area contributed by atoms with Crippen molar-refractivity contribution in [1.82, 2.24) is 10.2 Å². The number of nitrogens with zero attached hydrogens (tertiary/aromatic N) is 1. The van der Waals surface area contributed by atoms with E-state index in [4.69, 9.17) is 0 Å². The summed E-state index contributed by atoms with van der Waals surface area (Å²) in [5, 5.41) is 15.7. The lowest BCUT2D eigenvalue weighted by molar-refractivity contribution is 0.0948. The summed E-state index contributed by atoms with van der Waals surface area (Å²) in [4.78, 5) is 14.8. The molecule has 1 heterocycles. The van der Waals surface area contributed by atoms with Crippen molar-refractivity contribution in [3.63, 3.8) is 0 Å². The molecule has 0 aliphatic carbocycles. The molecule has 1 amide bonds. The van der Waals surface area contributed by atoms with Gasteiger partial charge in [-0.3, -0.25) is 9.69 Å². The van der Waals surface area contributed by atoms with E-state index in [1.54, 1.807) is 6.07 Å². The zero-order valence-corrected chi connectivity index (χ0v) is 14.5. The van der Waals surface area contributed by atoms with Crippen LogP contribution in [0, 0.1) is 5.92 Å². The Morgan fingerprint density at radius 1 is 1.24 bits per heavy atom. The van der Waals surface area contributed by atoms with Gasteiger partial charge in [0.05, 0.1) is 5.56 Å². The third-order valence-electron chi connectivity index (χ3n) is 4.68. The first-order valence-corrected chi connectivity index (χ1v) is 8.71. The number of benzene rings is 2. The van der Waals surface area contributed by atoms with Crippen LogP contribution in [0.4, 0.5) is 5.69 Å². The van der Waals surface area contributed by atoms with Crippen LogP contribution in [0.1, 0.15) is 22.3 Å². The summed E-state index contributed by atoms with van der Waals surface area (Å²) in [6, 6.07) is 14.9. The Morgan fingerprint density at radius 3 is 2.88 bits per heavy atom. The highest BCUT2D eigenvalue weighted by Crippen LogP contribution is 2.20. The molecule has 1 saturated heterocycles. The van der Waals surface area contributed by atoms with Crippen LogP contribution in [0.25, 0.3) is 0 Å². The average molecular weight is 339 g/mol. The van der Waals surface area contributed by atoms with Crippen LogP contribution in [-0.2, 0) is 6.54 Å². The average Bonchev–Trinajstić information content (AvgIpc) is 3.07. The Kier molecular flexibility index (Phi) is 5.56. The van der Waals surface area contributed by atoms with E-state index in [0.29, 0.717) is 23.8 Å². The molecule has 0 radical (unpaired) electrons. The van der Waals surface area contributed by atoms with Gasteiger partial charge in [-0.2, -0.15) is 0 Å². The largest absolute Gasteiger partial charge is 0.508 e. The molecule has 0 bridgehead atoms. The predicted molar refractivity (Wildman–Crippen MR) is 99.8 cm³/mol. The van der Waals surface area contributed by atoms with Gasteiger partial charge in [0.2, 0.25) is 0 Å². The minimum absolute atomic E-state index is 0.0311. The molecule has 3 rings (SSSR count). The van der Waals surface area contributed by atoms with E-state index in [9.17, 15) is 9.90 Å². The van der Waals surface area contributed by atoms with Crippen LogP contribution in [0.5, 0.6) is 5.75 Å². The molecule has 0 aromatic heterocycles. The Labute approximate surface area is 148 Å². The molecule has 132 valence electrons. The number of phenolic OH excluding ortho intramolecular Hbond substituents is 1. The van der Waals surface area contributed by atoms with Gasteiger partial charge in [-0.25, -0.2) is 0 Å². The molecule has 0 spiro atoms. The molecule has 5 nitrogen and oxygen atoms in total. The Bertz CT molecular complexity index is 732. The summed E-state index contributed by atoms with van der Waals surface area (Å²) in [7, 11) is 1.82. The molecule has 0 unspecified atom stereocenters. The van der Waals surface area contributed by atoms with Crippen LogP contribution >= 0.6 is 0 Å². The number of rotatable bonds is 6. The second-order valence-electron chi connectivity index (χ2n) is 6.57. The van der Waals surface area contributed by atoms with Gasteiger partial charge in [0.25, 0.3) is 5.91 Å². The fraction of sp³-hybridized carbons (Fsp3) is 0.350. The van der Waals surface area contributed by atoms with Gasteiger partial charge < -0.3 is 15.7 Å². The van der Waals surface area contributed by atoms with Gasteiger partial charge in [-0.05, 0) is 48.7 Å². The minimum Gasteiger partial charge on any atom is -0.508 e. The van der Waals surface area contributed by atoms with Crippen LogP contribution < -0.4 is 10.6 Å². The first-order chi connectivity index (χ1) is 12.2. The fourth-order valence-electron chi connectivity index (χ4n) is 3.37. The number of phenols is 1. The van der Waals surface area contributed by atoms with E-state index in [2.05, 4.69) is 15.5 Å². The number of hydrogen-bond donors (Lipinski definition) is 3. The van der Waals surface area contributed by atoms with Crippen LogP contribution in [0.3, 0.4) is 0 Å². The van der Waals surface area contributed by atoms with E-state index in [0.717, 1.165) is 37.3 Å². The lowest BCUT2D eigenvalue weighted by Gasteiger charge is -2.17. The lowest BCUT2D eigenvalue weighted by Crippen LogP contribution is -2.31. The normalized spacial score (nSPS) is 17.4. The maximum absolute atomic E-state index is 12.4. The number of carbonyl (C=O) groups is 1. The number of carbonyl (C=O) groups excluding carboxylic acids is 1. The first-order valence-electron chi connectivity index (χ1n) is 8.71. The molecule has 5 heteroatoms. The summed E-state index contributed by atoms with van der Waals surface area (Å²) in [6.45, 7) is 3.50. The number of nitrogens with one attached hydrogen (secondary N) is 2. The SMILES string of the molecule is CNc1ccccc1C(=O)NC[C@H]1CCN(Cc2cccc(O)c2)C1. The second kappa shape index (κ2) is 8.03. The van der Waals surface area contributed by atoms with Crippen molar-refractivity contribution < 1.29 is 9.90 Å². The van der Waals surface area contributed by atoms with Crippen LogP contribution in [-0.4, -0.2) is 42.6 Å². The molecule has 1 aliphatic heterocycles. The van der Waals surface area contributed by atoms with Crippen molar-refractivity contribution in [3.05, 3.63) is 59.7 Å². The monoisotopic (exact) mass is 339 g/mol. The van der Waals surface area contributed by atoms with Crippen molar-refractivity contribution >= 4 is 11.6 Å². The summed E-state index contributed by atoms with van der Waals surface area (Å²) in [6.07, 6.45) is 1.08. The molecule has 1 fully saturated rings. The molecule has 0 saturated carbocycles. The summed E-state index contributed by atoms with van der Waals surface area (Å²) >= 11 is 0. The predicted octanol–water partition coefficient (Wildman–Crippen LogP) is 2.69. The van der Waals surface area contributed by atoms with E-state index in [-0.39, 0.29) is 5.91 Å². The summed E-state index contributed by atoms with van der Waals surface area (Å²) in [5.41, 5.74) is 2.64. The molecule has 1 aliphatic rings. The number of para-hydroxylation sites is 1. The van der Waals surface area contributed by atoms with Crippen molar-refractivity contribution in [2.75, 3.05) is 32.0 Å². The molecular formula is C20H25N3O2. The van der Waals surface area contributed by atoms with Crippen molar-refractivity contribution in [2.24, 2.45) is 5.92 Å². The van der Waals surface area contributed by atoms with Crippen molar-refractivity contribution in [2.45, 2.75) is 13.0 Å². The van der Waals surface area contributed by atoms with Gasteiger partial charge in [0.15, 0.2) is 0 Å². The van der Waals surface area contributed by atoms with E-state index >= 15 is 0 Å². The fourth-order valence-corrected chi connectivity index (χ4v) is 3.37. The second-order valence-corrected chi connectivity index (χ2v) is 6.57. The number of likely N-dealkylation sites (tertiary alicyclic amines) is 1. The van der Waals surface area contributed by atoms with Gasteiger partial charge in [0.1, 0.15) is 5.75 Å². The standard InChI is InChI=1S/C20H25N3O2/c1-21-19-8-3-2-7-18(19)20(25)22-12-16-9-10-23(14-16)13-15-5-4-6-17(24)11-15/h2-8,11,16,21,24H,9-10,12-14H2,1H3,(H,22,25)/t16-/m1/s1. The molecule has 1 atom stereocenters. The summed E-state index contributed by atoms with van der Waals surface area (Å²) < 4.78 is 0. The topological polar surface area (TPSA) is 64.6 Å². The third kappa shape index (κ3) is 4.51. The highest BCUT2D eigenvalue weighted by molar-refractivity contribution is 5.99. The number of amides is 1. The van der Waals surface area contributed by atoms with Gasteiger partial charge in [0, 0.05) is 32.4 Å². The Balaban J connectivity index is 1.49. The van der Waals surface area contributed by atoms with E-state index in [1.807, 2.05) is 49.5 Å². The number of hydrogen-bond acceptors (Lipinski definition) is 4. The van der Waals surface area contributed by atoms with Crippen molar-refractivity contribution in [3.8, 4) is 5.75 Å². The maximum Gasteiger partial charge on any atom is 0.253 e. The maximum atomic E-state index is 12.4. The van der Waals surface area contributed by atoms with Gasteiger partial charge >= 0.3 is 0 Å². The number of anilines is 1. The Morgan fingerprint density at radius 2 is 2.08 bits per heavy atom. The van der Waals surface area contributed by atoms with Gasteiger partial charge in [-0.1, -0.05) is 24.3 Å². The molecule has 3 N–H and O–H groups in total. The first kappa shape index (κ1) is 17.3. The Hall–Kier alpha value is -2.53. The highest BCUT2D eigenvalue weighted by atomic mass is 16.3. The minimum atomic E-state index is -0.0311. The zero-order chi connectivity index (χ0) is 17.6. The van der Waals surface area contributed by atoms with E-state index < -0.39 is 0 Å². The smallest absolute Gasteiger partial charge is 0.253 e. The van der Waals surface area contributed by atoms with Gasteiger partial charge in [-0.15, -0.1) is 0 Å². The van der Waals surface area contributed by atoms with Crippen molar-refractivity contribution in [1.29, 1.82) is 0 Å². The lowest BCUT2D eigenvalue weighted by atomic mass is 10.1. The number of aromatic hydroxyl groups is 1. The highest BCUT2D eigenvalue weighted by Gasteiger charge is 2.23. The molecule has 25 heavy (non-hydrogen) atoms. The summed E-state index contributed by atoms with van der Waals surface area (Å²) in [5.74, 6) is 0.739. The van der Waals surface area contributed by atoms with E-state index in [1.165, 1.54) is 0 Å². The zero-order valence-electron chi connectivity index (χ0n) is 14.5. The third-order valence-corrected chi connectivity index (χ3v) is 4.68. The molecule has 2 aromatic carbocycles. The van der Waals surface area contributed by atoms with Crippen LogP contribution in [0.2, 0.25) is 0 Å². The molecule has 2 aromatic rings. The van der Waals surface area contributed by atoms with Crippen LogP contribution in [0.15, 0.2) is 48.5 Å². The quantitative estimate of drug-likeness (QED) is 0.757.